The van der Waals surface area contributed by atoms with E-state index in [9.17, 15) is 0 Å². The Hall–Kier alpha value is -0.300. The minimum Gasteiger partial charge on any atom is -0.299 e. The summed E-state index contributed by atoms with van der Waals surface area (Å²) in [4.78, 5) is 2.50. The van der Waals surface area contributed by atoms with E-state index < -0.39 is 0 Å². The molecule has 1 nitrogen and oxygen atoms in total. The molecule has 0 aromatic rings. The topological polar surface area (TPSA) is 3.24 Å². The lowest BCUT2D eigenvalue weighted by Crippen LogP contribution is -2.22. The Kier molecular flexibility index (Phi) is 2.72. The van der Waals surface area contributed by atoms with Crippen LogP contribution < -0.4 is 0 Å². The van der Waals surface area contributed by atoms with Crippen molar-refractivity contribution >= 4 is 0 Å². The highest BCUT2D eigenvalue weighted by atomic mass is 15.1. The zero-order valence-corrected chi connectivity index (χ0v) is 7.93. The first-order valence-electron chi connectivity index (χ1n) is 4.46. The second-order valence-corrected chi connectivity index (χ2v) is 4.11. The van der Waals surface area contributed by atoms with Crippen LogP contribution in [0.1, 0.15) is 20.8 Å². The lowest BCUT2D eigenvalue weighted by Gasteiger charge is -2.14. The van der Waals surface area contributed by atoms with Gasteiger partial charge in [-0.3, -0.25) is 4.90 Å². The fourth-order valence-electron chi connectivity index (χ4n) is 1.76. The Labute approximate surface area is 70.1 Å². The van der Waals surface area contributed by atoms with Crippen LogP contribution in [0.3, 0.4) is 0 Å². The number of hydrogen-bond acceptors (Lipinski definition) is 1. The second kappa shape index (κ2) is 3.40. The van der Waals surface area contributed by atoms with Crippen LogP contribution in [0, 0.1) is 11.8 Å². The van der Waals surface area contributed by atoms with Crippen LogP contribution in [-0.2, 0) is 0 Å². The molecule has 1 fully saturated rings. The number of likely N-dealkylation sites (tertiary alicyclic amines) is 1. The molecule has 0 N–H and O–H groups in total. The Morgan fingerprint density at radius 1 is 1.36 bits per heavy atom. The molecular formula is C10H19N. The Morgan fingerprint density at radius 2 is 1.82 bits per heavy atom. The first kappa shape index (κ1) is 8.79. The van der Waals surface area contributed by atoms with E-state index in [0.29, 0.717) is 0 Å². The minimum atomic E-state index is 0.870. The maximum absolute atomic E-state index is 3.93. The Bertz CT molecular complexity index is 141. The van der Waals surface area contributed by atoms with Crippen LogP contribution in [0.25, 0.3) is 0 Å². The van der Waals surface area contributed by atoms with E-state index in [-0.39, 0.29) is 0 Å². The molecule has 1 aliphatic heterocycles. The predicted molar refractivity (Wildman–Crippen MR) is 49.6 cm³/mol. The number of nitrogens with zero attached hydrogens (tertiary/aromatic N) is 1. The van der Waals surface area contributed by atoms with Crippen LogP contribution in [0.2, 0.25) is 0 Å². The van der Waals surface area contributed by atoms with Crippen molar-refractivity contribution in [3.8, 4) is 0 Å². The van der Waals surface area contributed by atoms with Gasteiger partial charge < -0.3 is 0 Å². The lowest BCUT2D eigenvalue weighted by molar-refractivity contribution is 0.352. The third-order valence-corrected chi connectivity index (χ3v) is 2.56. The van der Waals surface area contributed by atoms with E-state index in [1.54, 1.807) is 0 Å². The number of hydrogen-bond donors (Lipinski definition) is 0. The molecule has 1 heteroatoms. The van der Waals surface area contributed by atoms with Gasteiger partial charge in [-0.25, -0.2) is 0 Å². The summed E-state index contributed by atoms with van der Waals surface area (Å²) in [5, 5.41) is 0. The van der Waals surface area contributed by atoms with Crippen molar-refractivity contribution in [1.29, 1.82) is 0 Å². The van der Waals surface area contributed by atoms with Crippen LogP contribution in [-0.4, -0.2) is 24.5 Å². The van der Waals surface area contributed by atoms with Gasteiger partial charge in [0.1, 0.15) is 0 Å². The Morgan fingerprint density at radius 3 is 2.18 bits per heavy atom. The maximum Gasteiger partial charge on any atom is 0.0187 e. The number of rotatable bonds is 2. The molecule has 0 saturated carbocycles. The van der Waals surface area contributed by atoms with E-state index in [0.717, 1.165) is 18.4 Å². The molecule has 1 heterocycles. The van der Waals surface area contributed by atoms with Crippen molar-refractivity contribution in [2.45, 2.75) is 20.8 Å². The average molecular weight is 153 g/mol. The van der Waals surface area contributed by atoms with Gasteiger partial charge in [-0.15, -0.1) is 0 Å². The fraction of sp³-hybridized carbons (Fsp3) is 0.800. The van der Waals surface area contributed by atoms with Crippen LogP contribution in [0.4, 0.5) is 0 Å². The van der Waals surface area contributed by atoms with Gasteiger partial charge in [0.25, 0.3) is 0 Å². The minimum absolute atomic E-state index is 0.870. The van der Waals surface area contributed by atoms with E-state index in [2.05, 4.69) is 32.3 Å². The highest BCUT2D eigenvalue weighted by Gasteiger charge is 2.25. The monoisotopic (exact) mass is 153 g/mol. The Balaban J connectivity index is 2.35. The van der Waals surface area contributed by atoms with Gasteiger partial charge in [0.05, 0.1) is 0 Å². The van der Waals surface area contributed by atoms with Gasteiger partial charge in [0, 0.05) is 19.6 Å². The molecule has 0 aromatic heterocycles. The van der Waals surface area contributed by atoms with Crippen molar-refractivity contribution in [1.82, 2.24) is 4.90 Å². The maximum atomic E-state index is 3.93. The van der Waals surface area contributed by atoms with Gasteiger partial charge in [0.15, 0.2) is 0 Å². The molecule has 1 saturated heterocycles. The van der Waals surface area contributed by atoms with E-state index >= 15 is 0 Å². The molecular weight excluding hydrogens is 134 g/mol. The first-order valence-corrected chi connectivity index (χ1v) is 4.46. The van der Waals surface area contributed by atoms with Gasteiger partial charge in [0.2, 0.25) is 0 Å². The highest BCUT2D eigenvalue weighted by Crippen LogP contribution is 2.22. The van der Waals surface area contributed by atoms with E-state index in [4.69, 9.17) is 0 Å². The molecule has 2 atom stereocenters. The molecule has 1 aliphatic rings. The second-order valence-electron chi connectivity index (χ2n) is 4.11. The predicted octanol–water partition coefficient (Wildman–Crippen LogP) is 2.15. The lowest BCUT2D eigenvalue weighted by atomic mass is 10.0. The average Bonchev–Trinajstić information content (AvgIpc) is 2.10. The molecule has 0 aliphatic carbocycles. The summed E-state index contributed by atoms with van der Waals surface area (Å²) >= 11 is 0. The SMILES string of the molecule is C=C(C)CN1CC(C)C(C)C1. The van der Waals surface area contributed by atoms with Gasteiger partial charge in [-0.1, -0.05) is 26.0 Å². The van der Waals surface area contributed by atoms with Crippen molar-refractivity contribution in [3.63, 3.8) is 0 Å². The van der Waals surface area contributed by atoms with Crippen molar-refractivity contribution in [2.24, 2.45) is 11.8 Å². The summed E-state index contributed by atoms with van der Waals surface area (Å²) in [6.07, 6.45) is 0. The van der Waals surface area contributed by atoms with E-state index in [1.807, 2.05) is 0 Å². The normalized spacial score (nSPS) is 32.6. The molecule has 0 radical (unpaired) electrons. The largest absolute Gasteiger partial charge is 0.299 e. The van der Waals surface area contributed by atoms with Crippen molar-refractivity contribution in [2.75, 3.05) is 19.6 Å². The van der Waals surface area contributed by atoms with Crippen LogP contribution in [0.15, 0.2) is 12.2 Å². The van der Waals surface area contributed by atoms with Crippen molar-refractivity contribution in [3.05, 3.63) is 12.2 Å². The zero-order chi connectivity index (χ0) is 8.43. The summed E-state index contributed by atoms with van der Waals surface area (Å²) in [7, 11) is 0. The summed E-state index contributed by atoms with van der Waals surface area (Å²) in [5.74, 6) is 1.74. The fourth-order valence-corrected chi connectivity index (χ4v) is 1.76. The molecule has 64 valence electrons. The standard InChI is InChI=1S/C10H19N/c1-8(2)5-11-6-9(3)10(4)7-11/h9-10H,1,5-7H2,2-4H3. The quantitative estimate of drug-likeness (QED) is 0.549. The summed E-state index contributed by atoms with van der Waals surface area (Å²) in [6.45, 7) is 14.3. The van der Waals surface area contributed by atoms with Crippen LogP contribution in [0.5, 0.6) is 0 Å². The van der Waals surface area contributed by atoms with Gasteiger partial charge in [-0.05, 0) is 18.8 Å². The first-order chi connectivity index (χ1) is 5.09. The summed E-state index contributed by atoms with van der Waals surface area (Å²) < 4.78 is 0. The van der Waals surface area contributed by atoms with E-state index in [1.165, 1.54) is 18.7 Å². The van der Waals surface area contributed by atoms with Crippen LogP contribution >= 0.6 is 0 Å². The zero-order valence-electron chi connectivity index (χ0n) is 7.93. The molecule has 0 spiro atoms. The molecule has 2 unspecified atom stereocenters. The third-order valence-electron chi connectivity index (χ3n) is 2.56. The van der Waals surface area contributed by atoms with Crippen molar-refractivity contribution < 1.29 is 0 Å². The molecule has 11 heavy (non-hydrogen) atoms. The molecule has 0 bridgehead atoms. The summed E-state index contributed by atoms with van der Waals surface area (Å²) in [6, 6.07) is 0. The van der Waals surface area contributed by atoms with Gasteiger partial charge in [-0.2, -0.15) is 0 Å². The molecule has 1 rings (SSSR count). The highest BCUT2D eigenvalue weighted by molar-refractivity contribution is 4.94. The molecule has 0 amide bonds. The third kappa shape index (κ3) is 2.33. The van der Waals surface area contributed by atoms with Gasteiger partial charge >= 0.3 is 0 Å². The summed E-state index contributed by atoms with van der Waals surface area (Å²) in [5.41, 5.74) is 1.28. The smallest absolute Gasteiger partial charge is 0.0187 e. The molecule has 0 aromatic carbocycles.